The lowest BCUT2D eigenvalue weighted by molar-refractivity contribution is -0.129. The zero-order valence-corrected chi connectivity index (χ0v) is 22.6. The second-order valence-electron chi connectivity index (χ2n) is 10.5. The Morgan fingerprint density at radius 3 is 2.59 bits per heavy atom. The number of carbonyl (C=O) groups excluding carboxylic acids is 2. The second-order valence-corrected chi connectivity index (χ2v) is 11.8. The molecule has 2 N–H and O–H groups in total. The van der Waals surface area contributed by atoms with Gasteiger partial charge in [0.15, 0.2) is 6.10 Å². The molecule has 1 fully saturated rings. The molecule has 5 rings (SSSR count). The molecule has 2 aliphatic heterocycles. The van der Waals surface area contributed by atoms with Gasteiger partial charge in [-0.3, -0.25) is 9.69 Å². The fourth-order valence-electron chi connectivity index (χ4n) is 5.38. The fourth-order valence-corrected chi connectivity index (χ4v) is 6.90. The van der Waals surface area contributed by atoms with Crippen LogP contribution in [0.15, 0.2) is 83.8 Å². The van der Waals surface area contributed by atoms with Crippen molar-refractivity contribution in [3.05, 3.63) is 95.8 Å². The summed E-state index contributed by atoms with van der Waals surface area (Å²) in [7, 11) is 0. The Hall–Kier alpha value is -3.36. The lowest BCUT2D eigenvalue weighted by Crippen LogP contribution is -2.50. The highest BCUT2D eigenvalue weighted by molar-refractivity contribution is 8.00. The molecule has 8 heteroatoms. The van der Waals surface area contributed by atoms with Gasteiger partial charge in [0.25, 0.3) is 5.91 Å². The van der Waals surface area contributed by atoms with Crippen molar-refractivity contribution in [1.29, 1.82) is 0 Å². The van der Waals surface area contributed by atoms with Crippen LogP contribution in [0.4, 0.5) is 14.9 Å². The lowest BCUT2D eigenvalue weighted by Gasteiger charge is -2.28. The molecule has 2 heterocycles. The van der Waals surface area contributed by atoms with Crippen LogP contribution in [0.5, 0.6) is 0 Å². The van der Waals surface area contributed by atoms with Gasteiger partial charge in [-0.1, -0.05) is 55.5 Å². The van der Waals surface area contributed by atoms with Crippen LogP contribution in [-0.4, -0.2) is 47.2 Å². The summed E-state index contributed by atoms with van der Waals surface area (Å²) < 4.78 is 19.3. The van der Waals surface area contributed by atoms with Gasteiger partial charge in [0.2, 0.25) is 0 Å². The molecule has 0 bridgehead atoms. The molecule has 2 aliphatic rings. The molecule has 1 saturated heterocycles. The lowest BCUT2D eigenvalue weighted by atomic mass is 9.92. The number of para-hydroxylation sites is 1. The number of aliphatic hydroxyl groups is 1. The average Bonchev–Trinajstić information content (AvgIpc) is 3.24. The monoisotopic (exact) mass is 548 g/mol. The first-order valence-electron chi connectivity index (χ1n) is 13.4. The van der Waals surface area contributed by atoms with Crippen molar-refractivity contribution in [2.75, 3.05) is 11.4 Å². The van der Waals surface area contributed by atoms with E-state index in [2.05, 4.69) is 12.2 Å². The number of amides is 2. The summed E-state index contributed by atoms with van der Waals surface area (Å²) in [5.41, 5.74) is 2.65. The van der Waals surface area contributed by atoms with Crippen molar-refractivity contribution < 1.29 is 23.8 Å². The number of nitrogens with one attached hydrogen (secondary N) is 1. The Morgan fingerprint density at radius 2 is 1.85 bits per heavy atom. The first-order valence-corrected chi connectivity index (χ1v) is 14.2. The zero-order chi connectivity index (χ0) is 27.4. The molecule has 2 amide bonds. The second kappa shape index (κ2) is 12.2. The molecular weight excluding hydrogens is 515 g/mol. The molecular formula is C31H33FN2O4S. The molecule has 0 aromatic heterocycles. The minimum Gasteiger partial charge on any atom is -0.434 e. The molecule has 5 atom stereocenters. The Bertz CT molecular complexity index is 1290. The first kappa shape index (κ1) is 27.2. The summed E-state index contributed by atoms with van der Waals surface area (Å²) in [6, 6.07) is 23.1. The Balaban J connectivity index is 1.29. The number of hydrogen-bond donors (Lipinski definition) is 2. The van der Waals surface area contributed by atoms with Crippen molar-refractivity contribution in [3.8, 4) is 0 Å². The average molecular weight is 549 g/mol. The number of halogens is 1. The summed E-state index contributed by atoms with van der Waals surface area (Å²) in [6.07, 6.45) is 0.189. The van der Waals surface area contributed by atoms with Crippen molar-refractivity contribution >= 4 is 29.4 Å². The summed E-state index contributed by atoms with van der Waals surface area (Å²) in [4.78, 5) is 28.3. The van der Waals surface area contributed by atoms with E-state index in [0.29, 0.717) is 24.4 Å². The fraction of sp³-hybridized carbons (Fsp3) is 0.355. The minimum atomic E-state index is -0.975. The smallest absolute Gasteiger partial charge is 0.415 e. The van der Waals surface area contributed by atoms with Crippen LogP contribution >= 0.6 is 11.8 Å². The number of cyclic esters (lactones) is 1. The number of anilines is 1. The highest BCUT2D eigenvalue weighted by Crippen LogP contribution is 2.39. The molecule has 3 aromatic rings. The van der Waals surface area contributed by atoms with Gasteiger partial charge in [0.1, 0.15) is 5.82 Å². The van der Waals surface area contributed by atoms with Crippen LogP contribution < -0.4 is 10.2 Å². The summed E-state index contributed by atoms with van der Waals surface area (Å²) in [5, 5.41) is 14.6. The van der Waals surface area contributed by atoms with E-state index < -0.39 is 30.3 Å². The standard InChI is InChI=1S/C31H33FN2O4S/c1-20-14-22-17-23(32)12-13-29(22)39-25(15-20)18-27(35)26(16-21-8-4-2-5-9-21)33-30(36)28-19-34(31(37)38-28)24-10-6-3-7-11-24/h2-13,17,20,25-28,35H,14-16,18-19H2,1H3,(H,33,36)/t20-,25?,26-,27+,28?/m0/s1. The number of carbonyl (C=O) groups is 2. The third kappa shape index (κ3) is 6.81. The van der Waals surface area contributed by atoms with Crippen LogP contribution in [-0.2, 0) is 22.4 Å². The van der Waals surface area contributed by atoms with Crippen molar-refractivity contribution in [3.63, 3.8) is 0 Å². The summed E-state index contributed by atoms with van der Waals surface area (Å²) in [5.74, 6) is -0.324. The molecule has 0 radical (unpaired) electrons. The SMILES string of the molecule is C[C@H]1Cc2cc(F)ccc2SC(C[C@@H](O)[C@H](Cc2ccccc2)NC(=O)C2CN(c3ccccc3)C(=O)O2)C1. The third-order valence-electron chi connectivity index (χ3n) is 7.32. The number of benzene rings is 3. The molecule has 3 aromatic carbocycles. The van der Waals surface area contributed by atoms with Crippen LogP contribution in [0.25, 0.3) is 0 Å². The maximum atomic E-state index is 13.8. The van der Waals surface area contributed by atoms with Crippen LogP contribution in [0.2, 0.25) is 0 Å². The number of fused-ring (bicyclic) bond motifs is 1. The van der Waals surface area contributed by atoms with E-state index in [1.54, 1.807) is 30.0 Å². The van der Waals surface area contributed by atoms with E-state index >= 15 is 0 Å². The van der Waals surface area contributed by atoms with Crippen LogP contribution in [0, 0.1) is 11.7 Å². The van der Waals surface area contributed by atoms with Gasteiger partial charge in [-0.2, -0.15) is 0 Å². The molecule has 204 valence electrons. The zero-order valence-electron chi connectivity index (χ0n) is 21.8. The van der Waals surface area contributed by atoms with E-state index in [0.717, 1.165) is 28.9 Å². The maximum absolute atomic E-state index is 13.8. The summed E-state index contributed by atoms with van der Waals surface area (Å²) in [6.45, 7) is 2.25. The largest absolute Gasteiger partial charge is 0.434 e. The number of thioether (sulfide) groups is 1. The Labute approximate surface area is 232 Å². The predicted octanol–water partition coefficient (Wildman–Crippen LogP) is 5.37. The van der Waals surface area contributed by atoms with Crippen molar-refractivity contribution in [2.45, 2.75) is 61.0 Å². The van der Waals surface area contributed by atoms with Crippen molar-refractivity contribution in [1.82, 2.24) is 5.32 Å². The van der Waals surface area contributed by atoms with E-state index in [9.17, 15) is 19.1 Å². The number of nitrogens with zero attached hydrogens (tertiary/aromatic N) is 1. The highest BCUT2D eigenvalue weighted by Gasteiger charge is 2.38. The maximum Gasteiger partial charge on any atom is 0.415 e. The Morgan fingerprint density at radius 1 is 1.13 bits per heavy atom. The summed E-state index contributed by atoms with van der Waals surface area (Å²) >= 11 is 1.67. The normalized spacial score (nSPS) is 22.4. The topological polar surface area (TPSA) is 78.9 Å². The molecule has 0 saturated carbocycles. The van der Waals surface area contributed by atoms with Crippen LogP contribution in [0.1, 0.15) is 30.9 Å². The molecule has 0 aliphatic carbocycles. The van der Waals surface area contributed by atoms with Gasteiger partial charge in [-0.25, -0.2) is 9.18 Å². The van der Waals surface area contributed by atoms with E-state index in [-0.39, 0.29) is 17.6 Å². The van der Waals surface area contributed by atoms with E-state index in [4.69, 9.17) is 4.74 Å². The highest BCUT2D eigenvalue weighted by atomic mass is 32.2. The van der Waals surface area contributed by atoms with Gasteiger partial charge < -0.3 is 15.2 Å². The molecule has 6 nitrogen and oxygen atoms in total. The minimum absolute atomic E-state index is 0.103. The quantitative estimate of drug-likeness (QED) is 0.396. The number of hydrogen-bond acceptors (Lipinski definition) is 5. The van der Waals surface area contributed by atoms with E-state index in [1.807, 2.05) is 54.6 Å². The number of rotatable bonds is 8. The predicted molar refractivity (Wildman–Crippen MR) is 150 cm³/mol. The van der Waals surface area contributed by atoms with E-state index in [1.165, 1.54) is 11.0 Å². The van der Waals surface area contributed by atoms with Gasteiger partial charge >= 0.3 is 6.09 Å². The molecule has 39 heavy (non-hydrogen) atoms. The van der Waals surface area contributed by atoms with Crippen LogP contribution in [0.3, 0.4) is 0 Å². The number of ether oxygens (including phenoxy) is 1. The third-order valence-corrected chi connectivity index (χ3v) is 8.69. The van der Waals surface area contributed by atoms with Gasteiger partial charge in [-0.15, -0.1) is 11.8 Å². The first-order chi connectivity index (χ1) is 18.9. The number of aliphatic hydroxyl groups excluding tert-OH is 1. The van der Waals surface area contributed by atoms with Gasteiger partial charge in [0, 0.05) is 15.8 Å². The van der Waals surface area contributed by atoms with Gasteiger partial charge in [-0.05, 0) is 73.1 Å². The molecule has 2 unspecified atom stereocenters. The van der Waals surface area contributed by atoms with Crippen molar-refractivity contribution in [2.24, 2.45) is 5.92 Å². The molecule has 0 spiro atoms. The Kier molecular flexibility index (Phi) is 8.53. The van der Waals surface area contributed by atoms with Gasteiger partial charge in [0.05, 0.1) is 18.7 Å².